The molecular weight excluding hydrogens is 234 g/mol. The van der Waals surface area contributed by atoms with E-state index in [-0.39, 0.29) is 6.61 Å². The second kappa shape index (κ2) is 5.74. The molecule has 0 fully saturated rings. The van der Waals surface area contributed by atoms with Crippen LogP contribution in [0.1, 0.15) is 22.7 Å². The van der Waals surface area contributed by atoms with E-state index < -0.39 is 0 Å². The predicted octanol–water partition coefficient (Wildman–Crippen LogP) is 0.165. The summed E-state index contributed by atoms with van der Waals surface area (Å²) >= 11 is 0. The number of hydrogen-bond donors (Lipinski definition) is 2. The first-order valence-electron chi connectivity index (χ1n) is 5.83. The number of rotatable bonds is 6. The highest BCUT2D eigenvalue weighted by atomic mass is 16.5. The first kappa shape index (κ1) is 12.7. The molecule has 0 saturated carbocycles. The molecule has 2 N–H and O–H groups in total. The van der Waals surface area contributed by atoms with Crippen LogP contribution < -0.4 is 5.32 Å². The van der Waals surface area contributed by atoms with Gasteiger partial charge in [0.1, 0.15) is 5.76 Å². The number of aryl methyl sites for hydroxylation is 2. The molecule has 7 nitrogen and oxygen atoms in total. The lowest BCUT2D eigenvalue weighted by molar-refractivity contribution is 0.268. The molecule has 0 amide bonds. The molecule has 0 spiro atoms. The van der Waals surface area contributed by atoms with Gasteiger partial charge in [0, 0.05) is 24.8 Å². The van der Waals surface area contributed by atoms with Gasteiger partial charge in [0.25, 0.3) is 0 Å². The summed E-state index contributed by atoms with van der Waals surface area (Å²) in [5, 5.41) is 23.8. The van der Waals surface area contributed by atoms with E-state index in [1.54, 1.807) is 4.68 Å². The lowest BCUT2D eigenvalue weighted by Gasteiger charge is -2.01. The third-order valence-corrected chi connectivity index (χ3v) is 2.70. The Balaban J connectivity index is 1.84. The molecule has 0 bridgehead atoms. The number of aromatic nitrogens is 4. The average molecular weight is 251 g/mol. The van der Waals surface area contributed by atoms with Crippen molar-refractivity contribution in [2.45, 2.75) is 33.5 Å². The highest BCUT2D eigenvalue weighted by Crippen LogP contribution is 2.11. The van der Waals surface area contributed by atoms with Crippen molar-refractivity contribution in [2.24, 2.45) is 0 Å². The van der Waals surface area contributed by atoms with Crippen molar-refractivity contribution in [1.82, 2.24) is 25.5 Å². The Morgan fingerprint density at radius 3 is 2.89 bits per heavy atom. The Kier molecular flexibility index (Phi) is 4.06. The van der Waals surface area contributed by atoms with E-state index in [0.29, 0.717) is 19.6 Å². The minimum atomic E-state index is 0.0648. The lowest BCUT2D eigenvalue weighted by Crippen LogP contribution is -2.14. The highest BCUT2D eigenvalue weighted by Gasteiger charge is 2.08. The van der Waals surface area contributed by atoms with Crippen molar-refractivity contribution >= 4 is 0 Å². The van der Waals surface area contributed by atoms with Gasteiger partial charge < -0.3 is 14.9 Å². The summed E-state index contributed by atoms with van der Waals surface area (Å²) in [6, 6.07) is 0. The Morgan fingerprint density at radius 1 is 1.39 bits per heavy atom. The summed E-state index contributed by atoms with van der Waals surface area (Å²) in [4.78, 5) is 0. The van der Waals surface area contributed by atoms with E-state index >= 15 is 0 Å². The zero-order valence-electron chi connectivity index (χ0n) is 10.6. The molecule has 2 aromatic rings. The maximum absolute atomic E-state index is 8.77. The molecule has 0 aliphatic heterocycles. The van der Waals surface area contributed by atoms with Crippen molar-refractivity contribution in [1.29, 1.82) is 0 Å². The van der Waals surface area contributed by atoms with E-state index in [4.69, 9.17) is 9.63 Å². The van der Waals surface area contributed by atoms with E-state index in [2.05, 4.69) is 20.8 Å². The molecule has 2 rings (SSSR count). The second-order valence-electron chi connectivity index (χ2n) is 4.10. The fourth-order valence-corrected chi connectivity index (χ4v) is 1.70. The van der Waals surface area contributed by atoms with Gasteiger partial charge in [-0.25, -0.2) is 4.68 Å². The highest BCUT2D eigenvalue weighted by molar-refractivity contribution is 5.20. The maximum Gasteiger partial charge on any atom is 0.138 e. The first-order valence-corrected chi connectivity index (χ1v) is 5.83. The van der Waals surface area contributed by atoms with Crippen LogP contribution >= 0.6 is 0 Å². The van der Waals surface area contributed by atoms with E-state index in [0.717, 1.165) is 22.7 Å². The van der Waals surface area contributed by atoms with Crippen molar-refractivity contribution in [3.05, 3.63) is 28.9 Å². The summed E-state index contributed by atoms with van der Waals surface area (Å²) < 4.78 is 6.70. The summed E-state index contributed by atoms with van der Waals surface area (Å²) in [6.07, 6.45) is 1.82. The third kappa shape index (κ3) is 2.93. The second-order valence-corrected chi connectivity index (χ2v) is 4.10. The van der Waals surface area contributed by atoms with Crippen LogP contribution in [0.3, 0.4) is 0 Å². The smallest absolute Gasteiger partial charge is 0.138 e. The molecule has 0 saturated heterocycles. The van der Waals surface area contributed by atoms with Crippen LogP contribution in [0.5, 0.6) is 0 Å². The standard InChI is InChI=1S/C11H17N5O2/c1-8-11(9(2)18-14-8)6-12-5-10-7-16(3-4-17)15-13-10/h7,12,17H,3-6H2,1-2H3. The monoisotopic (exact) mass is 251 g/mol. The quantitative estimate of drug-likeness (QED) is 0.760. The van der Waals surface area contributed by atoms with Crippen LogP contribution in [0.4, 0.5) is 0 Å². The minimum absolute atomic E-state index is 0.0648. The van der Waals surface area contributed by atoms with Gasteiger partial charge >= 0.3 is 0 Å². The molecule has 2 heterocycles. The van der Waals surface area contributed by atoms with Gasteiger partial charge in [0.05, 0.1) is 24.5 Å². The fourth-order valence-electron chi connectivity index (χ4n) is 1.70. The minimum Gasteiger partial charge on any atom is -0.394 e. The first-order chi connectivity index (χ1) is 8.70. The molecule has 0 unspecified atom stereocenters. The van der Waals surface area contributed by atoms with Gasteiger partial charge in [-0.1, -0.05) is 10.4 Å². The number of aliphatic hydroxyl groups is 1. The zero-order chi connectivity index (χ0) is 13.0. The van der Waals surface area contributed by atoms with Gasteiger partial charge in [-0.3, -0.25) is 0 Å². The summed E-state index contributed by atoms with van der Waals surface area (Å²) in [6.45, 7) is 5.66. The molecule has 2 aromatic heterocycles. The van der Waals surface area contributed by atoms with E-state index in [1.807, 2.05) is 20.0 Å². The number of hydrogen-bond acceptors (Lipinski definition) is 6. The van der Waals surface area contributed by atoms with Gasteiger partial charge in [-0.2, -0.15) is 0 Å². The van der Waals surface area contributed by atoms with Crippen LogP contribution in [-0.2, 0) is 19.6 Å². The molecule has 0 atom stereocenters. The van der Waals surface area contributed by atoms with E-state index in [9.17, 15) is 0 Å². The van der Waals surface area contributed by atoms with Gasteiger partial charge in [-0.15, -0.1) is 5.10 Å². The van der Waals surface area contributed by atoms with Crippen LogP contribution in [0, 0.1) is 13.8 Å². The Morgan fingerprint density at radius 2 is 2.22 bits per heavy atom. The van der Waals surface area contributed by atoms with Gasteiger partial charge in [-0.05, 0) is 13.8 Å². The largest absolute Gasteiger partial charge is 0.394 e. The molecule has 0 radical (unpaired) electrons. The van der Waals surface area contributed by atoms with E-state index in [1.165, 1.54) is 0 Å². The Bertz CT molecular complexity index is 486. The zero-order valence-corrected chi connectivity index (χ0v) is 10.6. The van der Waals surface area contributed by atoms with Crippen LogP contribution in [-0.4, -0.2) is 31.9 Å². The van der Waals surface area contributed by atoms with Crippen molar-refractivity contribution in [2.75, 3.05) is 6.61 Å². The Hall–Kier alpha value is -1.73. The third-order valence-electron chi connectivity index (χ3n) is 2.70. The van der Waals surface area contributed by atoms with Crippen molar-refractivity contribution in [3.63, 3.8) is 0 Å². The summed E-state index contributed by atoms with van der Waals surface area (Å²) in [5.74, 6) is 0.837. The lowest BCUT2D eigenvalue weighted by atomic mass is 10.2. The summed E-state index contributed by atoms with van der Waals surface area (Å²) in [7, 11) is 0. The number of aliphatic hydroxyl groups excluding tert-OH is 1. The summed E-state index contributed by atoms with van der Waals surface area (Å²) in [5.41, 5.74) is 2.83. The van der Waals surface area contributed by atoms with Crippen molar-refractivity contribution < 1.29 is 9.63 Å². The maximum atomic E-state index is 8.77. The molecule has 18 heavy (non-hydrogen) atoms. The van der Waals surface area contributed by atoms with Crippen molar-refractivity contribution in [3.8, 4) is 0 Å². The van der Waals surface area contributed by atoms with Gasteiger partial charge in [0.15, 0.2) is 0 Å². The molecular formula is C11H17N5O2. The molecule has 0 aliphatic carbocycles. The molecule has 0 aliphatic rings. The average Bonchev–Trinajstić information content (AvgIpc) is 2.91. The molecule has 0 aromatic carbocycles. The van der Waals surface area contributed by atoms with Gasteiger partial charge in [0.2, 0.25) is 0 Å². The number of nitrogens with one attached hydrogen (secondary N) is 1. The van der Waals surface area contributed by atoms with Crippen LogP contribution in [0.15, 0.2) is 10.7 Å². The molecule has 7 heteroatoms. The molecule has 98 valence electrons. The topological polar surface area (TPSA) is 89.0 Å². The normalized spacial score (nSPS) is 11.1. The predicted molar refractivity (Wildman–Crippen MR) is 63.6 cm³/mol. The Labute approximate surface area is 105 Å². The SMILES string of the molecule is Cc1noc(C)c1CNCc1cn(CCO)nn1. The van der Waals surface area contributed by atoms with Crippen LogP contribution in [0.2, 0.25) is 0 Å². The van der Waals surface area contributed by atoms with Crippen LogP contribution in [0.25, 0.3) is 0 Å². The fraction of sp³-hybridized carbons (Fsp3) is 0.545. The number of nitrogens with zero attached hydrogens (tertiary/aromatic N) is 4.